The van der Waals surface area contributed by atoms with Gasteiger partial charge in [0.25, 0.3) is 10.1 Å². The molecule has 0 bridgehead atoms. The summed E-state index contributed by atoms with van der Waals surface area (Å²) < 4.78 is 36.5. The van der Waals surface area contributed by atoms with Crippen LogP contribution < -0.4 is 0 Å². The van der Waals surface area contributed by atoms with Gasteiger partial charge in [0, 0.05) is 6.04 Å². The van der Waals surface area contributed by atoms with Crippen molar-refractivity contribution in [1.29, 1.82) is 0 Å². The van der Waals surface area contributed by atoms with E-state index in [9.17, 15) is 13.2 Å². The van der Waals surface area contributed by atoms with Gasteiger partial charge in [-0.1, -0.05) is 48.0 Å². The molecule has 2 fully saturated rings. The average Bonchev–Trinajstić information content (AvgIpc) is 2.97. The summed E-state index contributed by atoms with van der Waals surface area (Å²) >= 11 is 0. The first kappa shape index (κ1) is 21.8. The Morgan fingerprint density at radius 3 is 2.19 bits per heavy atom. The van der Waals surface area contributed by atoms with Crippen LogP contribution in [0.25, 0.3) is 0 Å². The largest absolute Gasteiger partial charge is 0.441 e. The Hall–Kier alpha value is -2.38. The van der Waals surface area contributed by atoms with Gasteiger partial charge in [-0.2, -0.15) is 8.42 Å². The average molecular weight is 444 g/mol. The van der Waals surface area contributed by atoms with Crippen LogP contribution in [0, 0.1) is 6.92 Å². The minimum atomic E-state index is -3.80. The smallest absolute Gasteiger partial charge is 0.411 e. The van der Waals surface area contributed by atoms with Crippen LogP contribution in [0.1, 0.15) is 56.7 Å². The quantitative estimate of drug-likeness (QED) is 0.609. The molecule has 1 heterocycles. The molecule has 0 N–H and O–H groups in total. The molecule has 7 heteroatoms. The summed E-state index contributed by atoms with van der Waals surface area (Å²) in [6.45, 7) is 5.78. The predicted octanol–water partition coefficient (Wildman–Crippen LogP) is 4.98. The van der Waals surface area contributed by atoms with Crippen molar-refractivity contribution in [1.82, 2.24) is 4.90 Å². The Kier molecular flexibility index (Phi) is 5.83. The van der Waals surface area contributed by atoms with Gasteiger partial charge in [-0.3, -0.25) is 9.08 Å². The number of carbonyl (C=O) groups excluding carboxylic acids is 1. The molecule has 0 unspecified atom stereocenters. The van der Waals surface area contributed by atoms with E-state index in [-0.39, 0.29) is 29.2 Å². The fraction of sp³-hybridized carbons (Fsp3) is 0.458. The zero-order chi connectivity index (χ0) is 22.2. The standard InChI is InChI=1S/C24H29NO5S/c1-17-9-15-21(16-10-17)31(27,28)30-20-13-11-19(12-14-20)25-22(18-7-5-4-6-8-18)24(2,3)29-23(25)26/h4-10,15-16,19-20,22H,11-14H2,1-3H3/t19?,20?,22-/m0/s1. The van der Waals surface area contributed by atoms with Crippen LogP contribution >= 0.6 is 0 Å². The van der Waals surface area contributed by atoms with Crippen LogP contribution in [0.3, 0.4) is 0 Å². The molecular formula is C24H29NO5S. The van der Waals surface area contributed by atoms with Crippen molar-refractivity contribution >= 4 is 16.2 Å². The number of rotatable bonds is 5. The van der Waals surface area contributed by atoms with Crippen molar-refractivity contribution < 1.29 is 22.1 Å². The van der Waals surface area contributed by atoms with Gasteiger partial charge < -0.3 is 4.74 Å². The van der Waals surface area contributed by atoms with Gasteiger partial charge in [0.05, 0.1) is 17.0 Å². The van der Waals surface area contributed by atoms with E-state index in [1.165, 1.54) is 0 Å². The lowest BCUT2D eigenvalue weighted by Crippen LogP contribution is -2.43. The molecular weight excluding hydrogens is 414 g/mol. The SMILES string of the molecule is Cc1ccc(S(=O)(=O)OC2CCC(N3C(=O)OC(C)(C)[C@@H]3c3ccccc3)CC2)cc1. The molecule has 0 spiro atoms. The van der Waals surface area contributed by atoms with E-state index < -0.39 is 15.7 Å². The zero-order valence-corrected chi connectivity index (χ0v) is 19.0. The van der Waals surface area contributed by atoms with E-state index in [0.717, 1.165) is 11.1 Å². The predicted molar refractivity (Wildman–Crippen MR) is 117 cm³/mol. The number of hydrogen-bond acceptors (Lipinski definition) is 5. The molecule has 2 aromatic carbocycles. The molecule has 31 heavy (non-hydrogen) atoms. The van der Waals surface area contributed by atoms with Gasteiger partial charge in [-0.15, -0.1) is 0 Å². The van der Waals surface area contributed by atoms with E-state index in [1.807, 2.05) is 56.0 Å². The Bertz CT molecular complexity index is 1030. The number of aryl methyl sites for hydroxylation is 1. The van der Waals surface area contributed by atoms with E-state index in [0.29, 0.717) is 25.7 Å². The second kappa shape index (κ2) is 8.28. The van der Waals surface area contributed by atoms with E-state index in [1.54, 1.807) is 24.3 Å². The third-order valence-corrected chi connectivity index (χ3v) is 7.60. The topological polar surface area (TPSA) is 72.9 Å². The third-order valence-electron chi connectivity index (χ3n) is 6.22. The van der Waals surface area contributed by atoms with Crippen molar-refractivity contribution in [2.45, 2.75) is 75.1 Å². The minimum absolute atomic E-state index is 0.0126. The molecule has 1 amide bonds. The lowest BCUT2D eigenvalue weighted by atomic mass is 9.87. The van der Waals surface area contributed by atoms with Gasteiger partial charge in [-0.25, -0.2) is 4.79 Å². The van der Waals surface area contributed by atoms with Crippen molar-refractivity contribution in [3.05, 3.63) is 65.7 Å². The number of nitrogens with zero attached hydrogens (tertiary/aromatic N) is 1. The molecule has 6 nitrogen and oxygen atoms in total. The summed E-state index contributed by atoms with van der Waals surface area (Å²) in [5.74, 6) is 0. The number of carbonyl (C=O) groups is 1. The summed E-state index contributed by atoms with van der Waals surface area (Å²) in [6.07, 6.45) is 1.79. The molecule has 166 valence electrons. The summed E-state index contributed by atoms with van der Waals surface area (Å²) in [7, 11) is -3.80. The van der Waals surface area contributed by atoms with Crippen molar-refractivity contribution in [3.8, 4) is 0 Å². The number of amides is 1. The highest BCUT2D eigenvalue weighted by molar-refractivity contribution is 7.86. The van der Waals surface area contributed by atoms with Gasteiger partial charge in [0.2, 0.25) is 0 Å². The highest BCUT2D eigenvalue weighted by Crippen LogP contribution is 2.44. The molecule has 1 aliphatic heterocycles. The Morgan fingerprint density at radius 1 is 0.968 bits per heavy atom. The number of benzene rings is 2. The molecule has 1 atom stereocenters. The Balaban J connectivity index is 1.45. The van der Waals surface area contributed by atoms with Gasteiger partial charge in [0.15, 0.2) is 0 Å². The summed E-state index contributed by atoms with van der Waals surface area (Å²) in [5.41, 5.74) is 1.40. The van der Waals surface area contributed by atoms with Gasteiger partial charge in [0.1, 0.15) is 5.60 Å². The van der Waals surface area contributed by atoms with Crippen LogP contribution in [0.2, 0.25) is 0 Å². The number of cyclic esters (lactones) is 1. The van der Waals surface area contributed by atoms with E-state index >= 15 is 0 Å². The second-order valence-corrected chi connectivity index (χ2v) is 10.6. The van der Waals surface area contributed by atoms with Crippen molar-refractivity contribution in [2.24, 2.45) is 0 Å². The first-order chi connectivity index (χ1) is 14.7. The number of hydrogen-bond donors (Lipinski definition) is 0. The molecule has 4 rings (SSSR count). The molecule has 2 aromatic rings. The van der Waals surface area contributed by atoms with Crippen LogP contribution in [0.5, 0.6) is 0 Å². The third kappa shape index (κ3) is 4.48. The summed E-state index contributed by atoms with van der Waals surface area (Å²) in [5, 5.41) is 0. The van der Waals surface area contributed by atoms with Crippen LogP contribution in [-0.4, -0.2) is 37.2 Å². The lowest BCUT2D eigenvalue weighted by molar-refractivity contribution is 0.0649. The summed E-state index contributed by atoms with van der Waals surface area (Å²) in [4.78, 5) is 14.8. The summed E-state index contributed by atoms with van der Waals surface area (Å²) in [6, 6.07) is 16.4. The Labute approximate surface area is 184 Å². The highest BCUT2D eigenvalue weighted by atomic mass is 32.2. The molecule has 1 saturated carbocycles. The fourth-order valence-corrected chi connectivity index (χ4v) is 5.82. The molecule has 0 radical (unpaired) electrons. The first-order valence-electron chi connectivity index (χ1n) is 10.7. The van der Waals surface area contributed by atoms with Crippen LogP contribution in [0.15, 0.2) is 59.5 Å². The zero-order valence-electron chi connectivity index (χ0n) is 18.2. The van der Waals surface area contributed by atoms with Crippen molar-refractivity contribution in [3.63, 3.8) is 0 Å². The monoisotopic (exact) mass is 443 g/mol. The molecule has 2 aliphatic rings. The molecule has 1 saturated heterocycles. The maximum absolute atomic E-state index is 12.8. The lowest BCUT2D eigenvalue weighted by Gasteiger charge is -2.38. The fourth-order valence-electron chi connectivity index (χ4n) is 4.69. The van der Waals surface area contributed by atoms with Gasteiger partial charge >= 0.3 is 6.09 Å². The van der Waals surface area contributed by atoms with Gasteiger partial charge in [-0.05, 0) is 64.2 Å². The molecule has 1 aliphatic carbocycles. The van der Waals surface area contributed by atoms with E-state index in [2.05, 4.69) is 0 Å². The number of ether oxygens (including phenoxy) is 1. The van der Waals surface area contributed by atoms with Crippen LogP contribution in [0.4, 0.5) is 4.79 Å². The maximum atomic E-state index is 12.8. The Morgan fingerprint density at radius 2 is 1.58 bits per heavy atom. The van der Waals surface area contributed by atoms with Crippen LogP contribution in [-0.2, 0) is 19.0 Å². The normalized spacial score (nSPS) is 26.0. The minimum Gasteiger partial charge on any atom is -0.441 e. The first-order valence-corrected chi connectivity index (χ1v) is 12.1. The second-order valence-electron chi connectivity index (χ2n) is 8.99. The highest BCUT2D eigenvalue weighted by Gasteiger charge is 2.51. The molecule has 0 aromatic heterocycles. The van der Waals surface area contributed by atoms with E-state index in [4.69, 9.17) is 8.92 Å². The maximum Gasteiger partial charge on any atom is 0.411 e. The van der Waals surface area contributed by atoms with Crippen molar-refractivity contribution in [2.75, 3.05) is 0 Å².